The summed E-state index contributed by atoms with van der Waals surface area (Å²) in [5, 5.41) is 2.77. The molecule has 8 nitrogen and oxygen atoms in total. The van der Waals surface area contributed by atoms with Gasteiger partial charge < -0.3 is 24.1 Å². The van der Waals surface area contributed by atoms with E-state index in [1.807, 2.05) is 29.8 Å². The molecule has 0 unspecified atom stereocenters. The number of aromatic nitrogens is 2. The van der Waals surface area contributed by atoms with Crippen molar-refractivity contribution in [2.75, 3.05) is 30.5 Å². The van der Waals surface area contributed by atoms with E-state index in [9.17, 15) is 9.59 Å². The van der Waals surface area contributed by atoms with Gasteiger partial charge in [-0.25, -0.2) is 4.98 Å². The van der Waals surface area contributed by atoms with Crippen LogP contribution in [0.2, 0.25) is 0 Å². The number of imidazole rings is 1. The highest BCUT2D eigenvalue weighted by molar-refractivity contribution is 5.98. The number of carbonyl (C=O) groups is 2. The van der Waals surface area contributed by atoms with Crippen LogP contribution in [0.5, 0.6) is 11.5 Å². The topological polar surface area (TPSA) is 85.2 Å². The van der Waals surface area contributed by atoms with Gasteiger partial charge in [0.2, 0.25) is 0 Å². The molecule has 1 aliphatic rings. The van der Waals surface area contributed by atoms with E-state index in [2.05, 4.69) is 10.3 Å². The number of pyridine rings is 1. The lowest BCUT2D eigenvalue weighted by atomic mass is 10.2. The van der Waals surface area contributed by atoms with Gasteiger partial charge in [0.15, 0.2) is 24.6 Å². The van der Waals surface area contributed by atoms with Gasteiger partial charge in [0.1, 0.15) is 5.75 Å². The molecule has 2 amide bonds. The van der Waals surface area contributed by atoms with Crippen LogP contribution < -0.4 is 19.7 Å². The zero-order chi connectivity index (χ0) is 19.0. The predicted molar refractivity (Wildman–Crippen MR) is 99.4 cm³/mol. The van der Waals surface area contributed by atoms with Gasteiger partial charge in [0.05, 0.1) is 11.4 Å². The molecule has 3 aromatic rings. The van der Waals surface area contributed by atoms with E-state index in [0.717, 1.165) is 5.69 Å². The maximum atomic E-state index is 12.2. The third-order valence-corrected chi connectivity index (χ3v) is 4.26. The third-order valence-electron chi connectivity index (χ3n) is 4.26. The summed E-state index contributed by atoms with van der Waals surface area (Å²) in [7, 11) is 1.69. The van der Waals surface area contributed by atoms with Crippen molar-refractivity contribution in [1.82, 2.24) is 9.38 Å². The SMILES string of the molecule is Cc1cn2cccc(OCC(=O)Nc3ccc4c(c3)OCC(=O)N4C)c2n1. The maximum absolute atomic E-state index is 12.2. The van der Waals surface area contributed by atoms with Gasteiger partial charge in [-0.05, 0) is 31.2 Å². The second-order valence-corrected chi connectivity index (χ2v) is 6.25. The van der Waals surface area contributed by atoms with Crippen LogP contribution in [0.3, 0.4) is 0 Å². The molecule has 0 bridgehead atoms. The minimum Gasteiger partial charge on any atom is -0.481 e. The second-order valence-electron chi connectivity index (χ2n) is 6.25. The number of nitrogens with zero attached hydrogens (tertiary/aromatic N) is 3. The molecule has 3 heterocycles. The molecule has 4 rings (SSSR count). The van der Waals surface area contributed by atoms with Gasteiger partial charge in [0, 0.05) is 31.2 Å². The highest BCUT2D eigenvalue weighted by Gasteiger charge is 2.22. The molecule has 0 spiro atoms. The first-order chi connectivity index (χ1) is 13.0. The summed E-state index contributed by atoms with van der Waals surface area (Å²) in [5.41, 5.74) is 2.77. The molecule has 0 aliphatic carbocycles. The fraction of sp³-hybridized carbons (Fsp3) is 0.211. The lowest BCUT2D eigenvalue weighted by Gasteiger charge is -2.26. The Morgan fingerprint density at radius 1 is 1.37 bits per heavy atom. The monoisotopic (exact) mass is 366 g/mol. The number of hydrogen-bond acceptors (Lipinski definition) is 5. The number of hydrogen-bond donors (Lipinski definition) is 1. The zero-order valence-corrected chi connectivity index (χ0v) is 14.9. The van der Waals surface area contributed by atoms with Crippen LogP contribution in [-0.4, -0.2) is 41.5 Å². The van der Waals surface area contributed by atoms with Crippen LogP contribution in [0.15, 0.2) is 42.7 Å². The average Bonchev–Trinajstić information content (AvgIpc) is 3.04. The van der Waals surface area contributed by atoms with Crippen molar-refractivity contribution in [2.45, 2.75) is 6.92 Å². The Bertz CT molecular complexity index is 1040. The third kappa shape index (κ3) is 3.29. The molecule has 0 radical (unpaired) electrons. The Morgan fingerprint density at radius 3 is 3.07 bits per heavy atom. The molecular weight excluding hydrogens is 348 g/mol. The molecule has 0 saturated heterocycles. The highest BCUT2D eigenvalue weighted by Crippen LogP contribution is 2.33. The lowest BCUT2D eigenvalue weighted by molar-refractivity contribution is -0.121. The van der Waals surface area contributed by atoms with E-state index in [0.29, 0.717) is 28.5 Å². The van der Waals surface area contributed by atoms with Crippen molar-refractivity contribution < 1.29 is 19.1 Å². The number of benzene rings is 1. The highest BCUT2D eigenvalue weighted by atomic mass is 16.5. The van der Waals surface area contributed by atoms with Gasteiger partial charge in [0.25, 0.3) is 11.8 Å². The number of rotatable bonds is 4. The lowest BCUT2D eigenvalue weighted by Crippen LogP contribution is -2.35. The first kappa shape index (κ1) is 16.9. The Labute approximate surface area is 155 Å². The first-order valence-corrected chi connectivity index (χ1v) is 8.41. The van der Waals surface area contributed by atoms with Crippen molar-refractivity contribution in [1.29, 1.82) is 0 Å². The molecular formula is C19H18N4O4. The van der Waals surface area contributed by atoms with Crippen LogP contribution in [0.4, 0.5) is 11.4 Å². The summed E-state index contributed by atoms with van der Waals surface area (Å²) in [6.45, 7) is 1.73. The largest absolute Gasteiger partial charge is 0.481 e. The fourth-order valence-corrected chi connectivity index (χ4v) is 2.92. The van der Waals surface area contributed by atoms with Crippen molar-refractivity contribution in [3.8, 4) is 11.5 Å². The van der Waals surface area contributed by atoms with E-state index < -0.39 is 0 Å². The Morgan fingerprint density at radius 2 is 2.22 bits per heavy atom. The fourth-order valence-electron chi connectivity index (χ4n) is 2.92. The number of fused-ring (bicyclic) bond motifs is 2. The number of carbonyl (C=O) groups excluding carboxylic acids is 2. The molecule has 27 heavy (non-hydrogen) atoms. The zero-order valence-electron chi connectivity index (χ0n) is 14.9. The molecule has 138 valence electrons. The summed E-state index contributed by atoms with van der Waals surface area (Å²) < 4.78 is 12.9. The molecule has 0 saturated carbocycles. The Kier molecular flexibility index (Phi) is 4.15. The van der Waals surface area contributed by atoms with Crippen LogP contribution >= 0.6 is 0 Å². The van der Waals surface area contributed by atoms with Crippen LogP contribution in [-0.2, 0) is 9.59 Å². The molecule has 1 aromatic carbocycles. The second kappa shape index (κ2) is 6.64. The number of ether oxygens (including phenoxy) is 2. The standard InChI is InChI=1S/C19H18N4O4/c1-12-9-23-7-3-4-15(19(23)20-12)26-10-17(24)21-13-5-6-14-16(8-13)27-11-18(25)22(14)2/h3-9H,10-11H2,1-2H3,(H,21,24). The van der Waals surface area contributed by atoms with Crippen molar-refractivity contribution in [3.05, 3.63) is 48.4 Å². The summed E-state index contributed by atoms with van der Waals surface area (Å²) in [6, 6.07) is 8.74. The molecule has 8 heteroatoms. The Balaban J connectivity index is 1.43. The Hall–Kier alpha value is -3.55. The van der Waals surface area contributed by atoms with Crippen molar-refractivity contribution in [2.24, 2.45) is 0 Å². The molecule has 1 aliphatic heterocycles. The molecule has 0 atom stereocenters. The summed E-state index contributed by atoms with van der Waals surface area (Å²) in [4.78, 5) is 29.8. The number of amides is 2. The molecule has 2 aromatic heterocycles. The van der Waals surface area contributed by atoms with Crippen molar-refractivity contribution in [3.63, 3.8) is 0 Å². The van der Waals surface area contributed by atoms with E-state index in [1.54, 1.807) is 31.3 Å². The normalized spacial score (nSPS) is 13.3. The number of likely N-dealkylation sites (N-methyl/N-ethyl adjacent to an activating group) is 1. The maximum Gasteiger partial charge on any atom is 0.264 e. The van der Waals surface area contributed by atoms with E-state index >= 15 is 0 Å². The van der Waals surface area contributed by atoms with E-state index in [-0.39, 0.29) is 25.0 Å². The van der Waals surface area contributed by atoms with Gasteiger partial charge in [-0.1, -0.05) is 0 Å². The summed E-state index contributed by atoms with van der Waals surface area (Å²) in [5.74, 6) is 0.666. The van der Waals surface area contributed by atoms with Gasteiger partial charge >= 0.3 is 0 Å². The van der Waals surface area contributed by atoms with Crippen LogP contribution in [0.1, 0.15) is 5.69 Å². The first-order valence-electron chi connectivity index (χ1n) is 8.41. The minimum atomic E-state index is -0.305. The quantitative estimate of drug-likeness (QED) is 0.764. The van der Waals surface area contributed by atoms with Gasteiger partial charge in [-0.2, -0.15) is 0 Å². The number of aryl methyl sites for hydroxylation is 1. The van der Waals surface area contributed by atoms with Gasteiger partial charge in [-0.3, -0.25) is 9.59 Å². The van der Waals surface area contributed by atoms with E-state index in [1.165, 1.54) is 4.90 Å². The number of anilines is 2. The van der Waals surface area contributed by atoms with Crippen LogP contribution in [0.25, 0.3) is 5.65 Å². The molecule has 1 N–H and O–H groups in total. The molecule has 0 fully saturated rings. The summed E-state index contributed by atoms with van der Waals surface area (Å²) >= 11 is 0. The van der Waals surface area contributed by atoms with E-state index in [4.69, 9.17) is 9.47 Å². The number of nitrogens with one attached hydrogen (secondary N) is 1. The van der Waals surface area contributed by atoms with Gasteiger partial charge in [-0.15, -0.1) is 0 Å². The predicted octanol–water partition coefficient (Wildman–Crippen LogP) is 2.02. The minimum absolute atomic E-state index is 0.0161. The van der Waals surface area contributed by atoms with Crippen LogP contribution in [0, 0.1) is 6.92 Å². The average molecular weight is 366 g/mol. The van der Waals surface area contributed by atoms with Crippen molar-refractivity contribution >= 4 is 28.8 Å². The summed E-state index contributed by atoms with van der Waals surface area (Å²) in [6.07, 6.45) is 3.76. The smallest absolute Gasteiger partial charge is 0.264 e.